The van der Waals surface area contributed by atoms with E-state index in [4.69, 9.17) is 16.3 Å². The molecule has 1 saturated heterocycles. The molecule has 0 aromatic heterocycles. The number of hydrogen-bond acceptors (Lipinski definition) is 6. The van der Waals surface area contributed by atoms with Gasteiger partial charge in [0.1, 0.15) is 0 Å². The first-order chi connectivity index (χ1) is 15.7. The molecule has 1 heterocycles. The summed E-state index contributed by atoms with van der Waals surface area (Å²) in [4.78, 5) is 26.7. The molecule has 10 heteroatoms. The lowest BCUT2D eigenvalue weighted by atomic mass is 10.2. The zero-order valence-corrected chi connectivity index (χ0v) is 20.2. The van der Waals surface area contributed by atoms with Gasteiger partial charge in [-0.05, 0) is 43.7 Å². The van der Waals surface area contributed by atoms with Crippen LogP contribution < -0.4 is 10.2 Å². The van der Waals surface area contributed by atoms with Crippen molar-refractivity contribution in [1.29, 1.82) is 0 Å². The zero-order chi connectivity index (χ0) is 24.0. The number of anilines is 1. The lowest BCUT2D eigenvalue weighted by Crippen LogP contribution is -2.48. The number of hydrogen-bond donors (Lipinski definition) is 1. The van der Waals surface area contributed by atoms with E-state index in [2.05, 4.69) is 10.2 Å². The Morgan fingerprint density at radius 1 is 1.09 bits per heavy atom. The number of carbonyl (C=O) groups is 2. The highest BCUT2D eigenvalue weighted by Gasteiger charge is 2.30. The lowest BCUT2D eigenvalue weighted by molar-refractivity contribution is -0.129. The van der Waals surface area contributed by atoms with E-state index in [1.165, 1.54) is 29.4 Å². The normalized spacial score (nSPS) is 15.7. The highest BCUT2D eigenvalue weighted by molar-refractivity contribution is 7.89. The number of sulfonamides is 1. The Kier molecular flexibility index (Phi) is 8.34. The summed E-state index contributed by atoms with van der Waals surface area (Å²) in [5.74, 6) is -1.29. The second-order valence-corrected chi connectivity index (χ2v) is 10.1. The molecule has 1 atom stereocenters. The van der Waals surface area contributed by atoms with Crippen LogP contribution in [0.3, 0.4) is 0 Å². The molecule has 1 aliphatic rings. The molecule has 1 N–H and O–H groups in total. The average Bonchev–Trinajstić information content (AvgIpc) is 2.83. The Hall–Kier alpha value is -2.62. The molecule has 0 saturated carbocycles. The van der Waals surface area contributed by atoms with Crippen molar-refractivity contribution < 1.29 is 22.7 Å². The number of para-hydroxylation sites is 1. The van der Waals surface area contributed by atoms with Gasteiger partial charge in [0.05, 0.1) is 15.5 Å². The number of nitrogens with zero attached hydrogens (tertiary/aromatic N) is 2. The molecule has 33 heavy (non-hydrogen) atoms. The minimum absolute atomic E-state index is 0.0462. The summed E-state index contributed by atoms with van der Waals surface area (Å²) >= 11 is 6.14. The first-order valence-corrected chi connectivity index (χ1v) is 12.6. The smallest absolute Gasteiger partial charge is 0.340 e. The SMILES string of the molecule is CCCNC(=O)C(C)OC(=O)c1cc(S(=O)(=O)N2CCN(c3ccccc3)CC2)ccc1Cl. The Balaban J connectivity index is 1.71. The predicted molar refractivity (Wildman–Crippen MR) is 127 cm³/mol. The Morgan fingerprint density at radius 3 is 2.39 bits per heavy atom. The summed E-state index contributed by atoms with van der Waals surface area (Å²) in [6.07, 6.45) is -0.288. The average molecular weight is 494 g/mol. The van der Waals surface area contributed by atoms with E-state index in [9.17, 15) is 18.0 Å². The van der Waals surface area contributed by atoms with Crippen LogP contribution in [0, 0.1) is 0 Å². The standard InChI is InChI=1S/C23H28ClN3O5S/c1-3-11-25-22(28)17(2)32-23(29)20-16-19(9-10-21(20)24)33(30,31)27-14-12-26(13-15-27)18-7-5-4-6-8-18/h4-10,16-17H,3,11-15H2,1-2H3,(H,25,28). The summed E-state index contributed by atoms with van der Waals surface area (Å²) in [7, 11) is -3.84. The van der Waals surface area contributed by atoms with Gasteiger partial charge in [-0.15, -0.1) is 0 Å². The number of esters is 1. The van der Waals surface area contributed by atoms with Gasteiger partial charge in [-0.25, -0.2) is 13.2 Å². The third-order valence-corrected chi connectivity index (χ3v) is 7.58. The summed E-state index contributed by atoms with van der Waals surface area (Å²) in [6, 6.07) is 13.7. The van der Waals surface area contributed by atoms with Gasteiger partial charge in [-0.3, -0.25) is 4.79 Å². The van der Waals surface area contributed by atoms with Gasteiger partial charge in [-0.1, -0.05) is 36.7 Å². The van der Waals surface area contributed by atoms with Crippen LogP contribution in [0.5, 0.6) is 0 Å². The Bertz CT molecular complexity index is 1090. The van der Waals surface area contributed by atoms with Crippen LogP contribution in [-0.4, -0.2) is 63.4 Å². The number of ether oxygens (including phenoxy) is 1. The molecule has 0 aliphatic carbocycles. The third kappa shape index (κ3) is 6.04. The van der Waals surface area contributed by atoms with Crippen LogP contribution in [0.25, 0.3) is 0 Å². The summed E-state index contributed by atoms with van der Waals surface area (Å²) in [5, 5.41) is 2.69. The van der Waals surface area contributed by atoms with E-state index in [0.717, 1.165) is 12.1 Å². The number of rotatable bonds is 8. The number of carbonyl (C=O) groups excluding carboxylic acids is 2. The van der Waals surface area contributed by atoms with E-state index in [1.54, 1.807) is 0 Å². The minimum Gasteiger partial charge on any atom is -0.449 e. The van der Waals surface area contributed by atoms with Gasteiger partial charge in [-0.2, -0.15) is 4.31 Å². The predicted octanol–water partition coefficient (Wildman–Crippen LogP) is 2.92. The van der Waals surface area contributed by atoms with Crippen LogP contribution in [0.1, 0.15) is 30.6 Å². The maximum absolute atomic E-state index is 13.2. The van der Waals surface area contributed by atoms with Crippen molar-refractivity contribution in [3.05, 3.63) is 59.1 Å². The first-order valence-electron chi connectivity index (χ1n) is 10.8. The van der Waals surface area contributed by atoms with E-state index in [-0.39, 0.29) is 15.5 Å². The molecule has 178 valence electrons. The second-order valence-electron chi connectivity index (χ2n) is 7.71. The Morgan fingerprint density at radius 2 is 1.76 bits per heavy atom. The molecular weight excluding hydrogens is 466 g/mol. The van der Waals surface area contributed by atoms with E-state index in [1.807, 2.05) is 37.3 Å². The molecule has 1 aliphatic heterocycles. The number of piperazine rings is 1. The van der Waals surface area contributed by atoms with E-state index >= 15 is 0 Å². The van der Waals surface area contributed by atoms with Crippen molar-refractivity contribution in [1.82, 2.24) is 9.62 Å². The zero-order valence-electron chi connectivity index (χ0n) is 18.7. The van der Waals surface area contributed by atoms with Gasteiger partial charge in [0.2, 0.25) is 10.0 Å². The lowest BCUT2D eigenvalue weighted by Gasteiger charge is -2.35. The Labute approximate surface area is 199 Å². The van der Waals surface area contributed by atoms with Crippen molar-refractivity contribution in [2.24, 2.45) is 0 Å². The largest absolute Gasteiger partial charge is 0.449 e. The number of nitrogens with one attached hydrogen (secondary N) is 1. The van der Waals surface area contributed by atoms with Gasteiger partial charge in [0.15, 0.2) is 6.10 Å². The van der Waals surface area contributed by atoms with Crippen molar-refractivity contribution in [2.75, 3.05) is 37.6 Å². The third-order valence-electron chi connectivity index (χ3n) is 5.36. The fourth-order valence-electron chi connectivity index (χ4n) is 3.47. The van der Waals surface area contributed by atoms with Gasteiger partial charge < -0.3 is 15.0 Å². The monoisotopic (exact) mass is 493 g/mol. The molecule has 2 aromatic carbocycles. The summed E-state index contributed by atoms with van der Waals surface area (Å²) < 4.78 is 33.0. The van der Waals surface area contributed by atoms with Crippen LogP contribution in [0.15, 0.2) is 53.4 Å². The number of benzene rings is 2. The fourth-order valence-corrected chi connectivity index (χ4v) is 5.11. The van der Waals surface area contributed by atoms with Crippen molar-refractivity contribution >= 4 is 39.2 Å². The molecule has 1 fully saturated rings. The molecule has 1 unspecified atom stereocenters. The second kappa shape index (κ2) is 11.0. The van der Waals surface area contributed by atoms with E-state index in [0.29, 0.717) is 32.7 Å². The molecule has 0 spiro atoms. The highest BCUT2D eigenvalue weighted by Crippen LogP contribution is 2.26. The van der Waals surface area contributed by atoms with Gasteiger partial charge in [0, 0.05) is 38.4 Å². The molecule has 1 amide bonds. The quantitative estimate of drug-likeness (QED) is 0.568. The van der Waals surface area contributed by atoms with E-state index < -0.39 is 28.0 Å². The number of amides is 1. The molecular formula is C23H28ClN3O5S. The van der Waals surface area contributed by atoms with Crippen LogP contribution in [0.4, 0.5) is 5.69 Å². The molecule has 0 bridgehead atoms. The van der Waals surface area contributed by atoms with Crippen molar-refractivity contribution in [3.63, 3.8) is 0 Å². The fraction of sp³-hybridized carbons (Fsp3) is 0.391. The molecule has 0 radical (unpaired) electrons. The summed E-state index contributed by atoms with van der Waals surface area (Å²) in [5.41, 5.74) is 0.943. The van der Waals surface area contributed by atoms with Crippen LogP contribution >= 0.6 is 11.6 Å². The topological polar surface area (TPSA) is 96.0 Å². The van der Waals surface area contributed by atoms with Gasteiger partial charge >= 0.3 is 5.97 Å². The summed E-state index contributed by atoms with van der Waals surface area (Å²) in [6.45, 7) is 5.55. The highest BCUT2D eigenvalue weighted by atomic mass is 35.5. The van der Waals surface area contributed by atoms with Crippen molar-refractivity contribution in [3.8, 4) is 0 Å². The first kappa shape index (κ1) is 25.0. The minimum atomic E-state index is -3.84. The van der Waals surface area contributed by atoms with Crippen molar-refractivity contribution in [2.45, 2.75) is 31.3 Å². The molecule has 8 nitrogen and oxygen atoms in total. The number of halogens is 1. The maximum atomic E-state index is 13.2. The van der Waals surface area contributed by atoms with Crippen LogP contribution in [-0.2, 0) is 19.6 Å². The van der Waals surface area contributed by atoms with Crippen LogP contribution in [0.2, 0.25) is 5.02 Å². The maximum Gasteiger partial charge on any atom is 0.340 e. The van der Waals surface area contributed by atoms with Gasteiger partial charge in [0.25, 0.3) is 5.91 Å². The molecule has 2 aromatic rings. The molecule has 3 rings (SSSR count).